The summed E-state index contributed by atoms with van der Waals surface area (Å²) in [5.41, 5.74) is -0.658. The summed E-state index contributed by atoms with van der Waals surface area (Å²) in [6.45, 7) is -0.383. The molecule has 1 saturated carbocycles. The number of aliphatic hydroxyl groups excluding tert-OH is 1. The molecule has 0 radical (unpaired) electrons. The average molecular weight is 491 g/mol. The lowest BCUT2D eigenvalue weighted by Crippen LogP contribution is -2.37. The van der Waals surface area contributed by atoms with Crippen molar-refractivity contribution in [2.45, 2.75) is 37.9 Å². The summed E-state index contributed by atoms with van der Waals surface area (Å²) in [5, 5.41) is 27.7. The van der Waals surface area contributed by atoms with E-state index in [4.69, 9.17) is 9.77 Å². The SMILES string of the molecule is NS(=O)(=O)NCC1CCC(Nc2nonc2C(=NCO)Nc2cccc(C(F)(F)F)c2)CC1. The Bertz CT molecular complexity index is 1070. The van der Waals surface area contributed by atoms with E-state index in [1.54, 1.807) is 0 Å². The van der Waals surface area contributed by atoms with E-state index in [1.807, 2.05) is 0 Å². The smallest absolute Gasteiger partial charge is 0.374 e. The normalized spacial score (nSPS) is 20.0. The Morgan fingerprint density at radius 1 is 1.24 bits per heavy atom. The number of hydrogen-bond acceptors (Lipinski definition) is 8. The summed E-state index contributed by atoms with van der Waals surface area (Å²) in [6, 6.07) is 4.48. The minimum absolute atomic E-state index is 0.0217. The van der Waals surface area contributed by atoms with Gasteiger partial charge in [0.05, 0.1) is 5.56 Å². The van der Waals surface area contributed by atoms with Gasteiger partial charge in [-0.3, -0.25) is 0 Å². The van der Waals surface area contributed by atoms with E-state index < -0.39 is 28.7 Å². The number of aromatic nitrogens is 2. The fourth-order valence-corrected chi connectivity index (χ4v) is 4.00. The summed E-state index contributed by atoms with van der Waals surface area (Å²) in [5.74, 6) is 0.338. The van der Waals surface area contributed by atoms with E-state index in [9.17, 15) is 26.7 Å². The standard InChI is InChI=1S/C18H24F3N7O4S/c19-18(20,21)12-2-1-3-14(8-12)26-16(23-10-29)15-17(28-32-27-15)25-13-6-4-11(5-7-13)9-24-33(22,30)31/h1-3,8,11,13,24,29H,4-7,9-10H2,(H,23,26)(H,25,28)(H2,22,30,31). The molecule has 1 aromatic carbocycles. The van der Waals surface area contributed by atoms with Crippen LogP contribution in [-0.2, 0) is 16.4 Å². The van der Waals surface area contributed by atoms with Gasteiger partial charge in [-0.1, -0.05) is 6.07 Å². The Kier molecular flexibility index (Phi) is 7.88. The van der Waals surface area contributed by atoms with E-state index in [-0.39, 0.29) is 41.5 Å². The molecule has 1 aliphatic rings. The zero-order chi connectivity index (χ0) is 24.1. The van der Waals surface area contributed by atoms with Crippen LogP contribution in [0.4, 0.5) is 24.7 Å². The topological polar surface area (TPSA) is 168 Å². The maximum Gasteiger partial charge on any atom is 0.416 e. The molecule has 0 aliphatic heterocycles. The van der Waals surface area contributed by atoms with Crippen LogP contribution in [0.15, 0.2) is 33.9 Å². The van der Waals surface area contributed by atoms with Gasteiger partial charge in [-0.15, -0.1) is 0 Å². The summed E-state index contributed by atoms with van der Waals surface area (Å²) in [6.07, 6.45) is -1.63. The molecule has 2 aromatic rings. The van der Waals surface area contributed by atoms with Crippen LogP contribution in [0.5, 0.6) is 0 Å². The van der Waals surface area contributed by atoms with Crippen molar-refractivity contribution < 1.29 is 31.3 Å². The minimum Gasteiger partial charge on any atom is -0.374 e. The fraction of sp³-hybridized carbons (Fsp3) is 0.500. The molecule has 1 fully saturated rings. The highest BCUT2D eigenvalue weighted by molar-refractivity contribution is 7.87. The van der Waals surface area contributed by atoms with Crippen LogP contribution >= 0.6 is 0 Å². The van der Waals surface area contributed by atoms with Gasteiger partial charge in [-0.05, 0) is 60.1 Å². The molecule has 0 unspecified atom stereocenters. The number of aliphatic hydroxyl groups is 1. The first-order valence-corrected chi connectivity index (χ1v) is 11.6. The van der Waals surface area contributed by atoms with Crippen LogP contribution in [-0.4, -0.2) is 49.0 Å². The molecule has 0 saturated heterocycles. The van der Waals surface area contributed by atoms with Crippen LogP contribution in [0.2, 0.25) is 0 Å². The van der Waals surface area contributed by atoms with Crippen LogP contribution in [0, 0.1) is 5.92 Å². The maximum atomic E-state index is 13.0. The summed E-state index contributed by atoms with van der Waals surface area (Å²) in [7, 11) is -3.73. The highest BCUT2D eigenvalue weighted by Crippen LogP contribution is 2.31. The molecular formula is C18H24F3N7O4S. The van der Waals surface area contributed by atoms with Crippen LogP contribution < -0.4 is 20.5 Å². The zero-order valence-electron chi connectivity index (χ0n) is 17.3. The van der Waals surface area contributed by atoms with Gasteiger partial charge in [0.1, 0.15) is 6.73 Å². The number of amidine groups is 1. The quantitative estimate of drug-likeness (QED) is 0.274. The highest BCUT2D eigenvalue weighted by Gasteiger charge is 2.31. The lowest BCUT2D eigenvalue weighted by atomic mass is 9.86. The van der Waals surface area contributed by atoms with Gasteiger partial charge in [0.2, 0.25) is 5.82 Å². The number of nitrogens with one attached hydrogen (secondary N) is 3. The zero-order valence-corrected chi connectivity index (χ0v) is 18.2. The summed E-state index contributed by atoms with van der Waals surface area (Å²) >= 11 is 0. The number of nitrogens with two attached hydrogens (primary N) is 1. The van der Waals surface area contributed by atoms with Gasteiger partial charge in [0, 0.05) is 18.3 Å². The molecule has 33 heavy (non-hydrogen) atoms. The molecule has 15 heteroatoms. The van der Waals surface area contributed by atoms with Crippen molar-refractivity contribution in [2.75, 3.05) is 23.9 Å². The monoisotopic (exact) mass is 491 g/mol. The van der Waals surface area contributed by atoms with Crippen molar-refractivity contribution in [3.8, 4) is 0 Å². The Morgan fingerprint density at radius 3 is 2.61 bits per heavy atom. The third-order valence-corrected chi connectivity index (χ3v) is 5.72. The molecule has 1 aromatic heterocycles. The van der Waals surface area contributed by atoms with Crippen LogP contribution in [0.25, 0.3) is 0 Å². The lowest BCUT2D eigenvalue weighted by Gasteiger charge is -2.29. The van der Waals surface area contributed by atoms with Gasteiger partial charge in [0.25, 0.3) is 10.2 Å². The summed E-state index contributed by atoms with van der Waals surface area (Å²) in [4.78, 5) is 3.87. The molecule has 0 bridgehead atoms. The van der Waals surface area contributed by atoms with E-state index in [0.29, 0.717) is 12.8 Å². The largest absolute Gasteiger partial charge is 0.416 e. The first-order chi connectivity index (χ1) is 15.5. The molecule has 11 nitrogen and oxygen atoms in total. The van der Waals surface area contributed by atoms with Crippen molar-refractivity contribution in [1.29, 1.82) is 0 Å². The van der Waals surface area contributed by atoms with Crippen molar-refractivity contribution in [3.63, 3.8) is 0 Å². The van der Waals surface area contributed by atoms with Crippen LogP contribution in [0.1, 0.15) is 36.9 Å². The summed E-state index contributed by atoms with van der Waals surface area (Å²) < 4.78 is 68.2. The molecular weight excluding hydrogens is 467 g/mol. The van der Waals surface area contributed by atoms with E-state index in [0.717, 1.165) is 25.0 Å². The number of halogens is 3. The van der Waals surface area contributed by atoms with Crippen molar-refractivity contribution in [1.82, 2.24) is 15.0 Å². The molecule has 1 heterocycles. The molecule has 3 rings (SSSR count). The molecule has 0 spiro atoms. The predicted molar refractivity (Wildman–Crippen MR) is 113 cm³/mol. The average Bonchev–Trinajstić information content (AvgIpc) is 3.20. The number of hydrogen-bond donors (Lipinski definition) is 5. The third kappa shape index (κ3) is 7.38. The van der Waals surface area contributed by atoms with Crippen molar-refractivity contribution >= 4 is 27.6 Å². The minimum atomic E-state index is -4.52. The predicted octanol–water partition coefficient (Wildman–Crippen LogP) is 1.66. The van der Waals surface area contributed by atoms with E-state index in [1.165, 1.54) is 12.1 Å². The van der Waals surface area contributed by atoms with Gasteiger partial charge < -0.3 is 15.7 Å². The lowest BCUT2D eigenvalue weighted by molar-refractivity contribution is -0.137. The fourth-order valence-electron chi connectivity index (χ4n) is 3.53. The first kappa shape index (κ1) is 24.9. The van der Waals surface area contributed by atoms with Crippen molar-refractivity contribution in [2.24, 2.45) is 16.0 Å². The second-order valence-electron chi connectivity index (χ2n) is 7.57. The van der Waals surface area contributed by atoms with Crippen LogP contribution in [0.3, 0.4) is 0 Å². The van der Waals surface area contributed by atoms with Gasteiger partial charge >= 0.3 is 6.18 Å². The van der Waals surface area contributed by atoms with Gasteiger partial charge in [0.15, 0.2) is 11.5 Å². The molecule has 0 atom stereocenters. The maximum absolute atomic E-state index is 13.0. The molecule has 6 N–H and O–H groups in total. The molecule has 0 amide bonds. The number of alkyl halides is 3. The van der Waals surface area contributed by atoms with Crippen molar-refractivity contribution in [3.05, 3.63) is 35.5 Å². The first-order valence-electron chi connectivity index (χ1n) is 10.0. The molecule has 1 aliphatic carbocycles. The Hall–Kier alpha value is -2.75. The number of nitrogens with zero attached hydrogens (tertiary/aromatic N) is 3. The second-order valence-corrected chi connectivity index (χ2v) is 8.95. The van der Waals surface area contributed by atoms with E-state index in [2.05, 4.69) is 30.7 Å². The van der Waals surface area contributed by atoms with Gasteiger partial charge in [-0.2, -0.15) is 21.6 Å². The number of anilines is 2. The number of rotatable bonds is 8. The number of aliphatic imine (C=N–C) groups is 1. The second kappa shape index (κ2) is 10.5. The Balaban J connectivity index is 1.66. The Morgan fingerprint density at radius 2 is 1.97 bits per heavy atom. The van der Waals surface area contributed by atoms with E-state index >= 15 is 0 Å². The van der Waals surface area contributed by atoms with Gasteiger partial charge in [-0.25, -0.2) is 19.5 Å². The third-order valence-electron chi connectivity index (χ3n) is 5.16. The Labute approximate surface area is 187 Å². The number of benzene rings is 1. The highest BCUT2D eigenvalue weighted by atomic mass is 32.2. The molecule has 182 valence electrons.